The van der Waals surface area contributed by atoms with E-state index in [2.05, 4.69) is 150 Å². The van der Waals surface area contributed by atoms with E-state index < -0.39 is 10.0 Å². The molecule has 0 bridgehead atoms. The smallest absolute Gasteiger partial charge is 0.269 e. The van der Waals surface area contributed by atoms with E-state index >= 15 is 0 Å². The number of para-hydroxylation sites is 3. The molecule has 4 aromatic heterocycles. The molecule has 16 rings (SSSR count). The van der Waals surface area contributed by atoms with Gasteiger partial charge < -0.3 is 4.57 Å². The first-order chi connectivity index (χ1) is 34.4. The predicted molar refractivity (Wildman–Crippen MR) is 291 cm³/mol. The highest BCUT2D eigenvalue weighted by Gasteiger charge is 2.41. The first-order valence-corrected chi connectivity index (χ1v) is 26.3. The fourth-order valence-corrected chi connectivity index (χ4v) is 15.8. The fraction of sp³-hybridized carbons (Fsp3) is 0. The number of rotatable bonds is 3. The van der Waals surface area contributed by atoms with Gasteiger partial charge in [-0.2, -0.15) is 0 Å². The minimum atomic E-state index is -3.87. The van der Waals surface area contributed by atoms with Crippen molar-refractivity contribution < 1.29 is 8.42 Å². The number of thiophene rings is 1. The average Bonchev–Trinajstić information content (AvgIpc) is 4.06. The third-order valence-electron chi connectivity index (χ3n) is 14.7. The lowest BCUT2D eigenvalue weighted by Gasteiger charge is -2.37. The highest BCUT2D eigenvalue weighted by Crippen LogP contribution is 2.58. The van der Waals surface area contributed by atoms with Gasteiger partial charge in [0, 0.05) is 79.1 Å². The van der Waals surface area contributed by atoms with Crippen molar-refractivity contribution in [3.05, 3.63) is 211 Å². The summed E-state index contributed by atoms with van der Waals surface area (Å²) in [5, 5.41) is 9.48. The summed E-state index contributed by atoms with van der Waals surface area (Å²) in [6, 6.07) is 69.0. The van der Waals surface area contributed by atoms with Crippen molar-refractivity contribution in [2.24, 2.45) is 0 Å². The van der Waals surface area contributed by atoms with Crippen molar-refractivity contribution in [2.75, 3.05) is 4.31 Å². The lowest BCUT2D eigenvalue weighted by atomic mass is 9.95. The van der Waals surface area contributed by atoms with Crippen molar-refractivity contribution in [1.82, 2.24) is 8.97 Å². The monoisotopic (exact) mass is 951 g/mol. The fourth-order valence-electron chi connectivity index (χ4n) is 11.7. The molecule has 0 radical (unpaired) electrons. The van der Waals surface area contributed by atoms with E-state index in [4.69, 9.17) is 0 Å². The van der Waals surface area contributed by atoms with Crippen LogP contribution >= 0.6 is 23.1 Å². The van der Waals surface area contributed by atoms with Crippen LogP contribution in [-0.4, -0.2) is 17.4 Å². The Morgan fingerprint density at radius 1 is 0.414 bits per heavy atom. The van der Waals surface area contributed by atoms with E-state index in [-0.39, 0.29) is 5.56 Å². The van der Waals surface area contributed by atoms with Crippen molar-refractivity contribution in [1.29, 1.82) is 0 Å². The summed E-state index contributed by atoms with van der Waals surface area (Å²) in [4.78, 5) is 17.0. The minimum absolute atomic E-state index is 0.0306. The summed E-state index contributed by atoms with van der Waals surface area (Å²) in [5.41, 5.74) is 12.0. The Balaban J connectivity index is 0.887. The third kappa shape index (κ3) is 5.08. The molecule has 0 aliphatic carbocycles. The molecule has 0 spiro atoms. The number of pyridine rings is 1. The molecular formula is C61H33N3O3S3. The molecule has 70 heavy (non-hydrogen) atoms. The number of sulfonamides is 1. The Hall–Kier alpha value is -8.21. The number of anilines is 2. The van der Waals surface area contributed by atoms with E-state index in [1.807, 2.05) is 58.2 Å². The number of hydrogen-bond donors (Lipinski definition) is 0. The number of hydrogen-bond acceptors (Lipinski definition) is 5. The van der Waals surface area contributed by atoms with E-state index in [0.717, 1.165) is 97.7 Å². The first kappa shape index (κ1) is 38.7. The molecule has 0 saturated carbocycles. The zero-order chi connectivity index (χ0) is 46.1. The maximum Gasteiger partial charge on any atom is 0.269 e. The molecule has 6 nitrogen and oxygen atoms in total. The van der Waals surface area contributed by atoms with E-state index in [0.29, 0.717) is 27.2 Å². The van der Waals surface area contributed by atoms with Crippen LogP contribution in [0.4, 0.5) is 11.4 Å². The summed E-state index contributed by atoms with van der Waals surface area (Å²) in [6.45, 7) is 0. The van der Waals surface area contributed by atoms with Crippen molar-refractivity contribution in [3.63, 3.8) is 0 Å². The first-order valence-electron chi connectivity index (χ1n) is 23.2. The Kier molecular flexibility index (Phi) is 7.60. The van der Waals surface area contributed by atoms with Crippen LogP contribution in [0.15, 0.2) is 220 Å². The molecule has 0 N–H and O–H groups in total. The summed E-state index contributed by atoms with van der Waals surface area (Å²) >= 11 is 3.43. The lowest BCUT2D eigenvalue weighted by Crippen LogP contribution is -2.32. The van der Waals surface area contributed by atoms with Gasteiger partial charge in [0.2, 0.25) is 0 Å². The molecule has 0 fully saturated rings. The number of aromatic nitrogens is 2. The largest absolute Gasteiger partial charge is 0.309 e. The third-order valence-corrected chi connectivity index (χ3v) is 18.8. The second-order valence-corrected chi connectivity index (χ2v) is 22.3. The Morgan fingerprint density at radius 3 is 1.90 bits per heavy atom. The molecule has 0 amide bonds. The predicted octanol–water partition coefficient (Wildman–Crippen LogP) is 16.0. The molecular weight excluding hydrogens is 919 g/mol. The van der Waals surface area contributed by atoms with Crippen LogP contribution in [-0.2, 0) is 10.0 Å². The normalized spacial score (nSPS) is 13.9. The summed E-state index contributed by atoms with van der Waals surface area (Å²) < 4.78 is 37.2. The topological polar surface area (TPSA) is 63.8 Å². The van der Waals surface area contributed by atoms with Gasteiger partial charge in [-0.05, 0) is 119 Å². The molecule has 0 atom stereocenters. The van der Waals surface area contributed by atoms with Gasteiger partial charge in [-0.25, -0.2) is 12.7 Å². The SMILES string of the molecule is O=c1c2cc(-c3ccc4c(c3)c3ccccc3n4-c3cc4c5c(c3)-c3ccccc3S(=O)(=O)N5c3ccccc3S4)ccc2c2cc(-c3ccc4sc5ccccc5c4c3)cc3c4ccccc4n1c23. The quantitative estimate of drug-likeness (QED) is 0.166. The molecule has 0 saturated heterocycles. The molecule has 9 heteroatoms. The Morgan fingerprint density at radius 2 is 1.03 bits per heavy atom. The molecule has 2 aliphatic heterocycles. The standard InChI is InChI=1S/C61H33N3O3S3/c65-61-49-29-34(21-24-39(49)46-30-37(31-47-41-12-2-6-16-51(41)63(61)59(46)47)36-23-26-55-45(28-36)42-13-3-8-18-54(42)68-55)35-22-25-52-44(27-35)40-11-1-5-15-50(40)62(52)38-32-48-43-14-4-10-20-58(43)70(66,67)64-53-17-7-9-19-56(53)69-57(33-38)60(48)64/h1-33H. The molecule has 0 unspecified atom stereocenters. The van der Waals surface area contributed by atoms with E-state index in [1.165, 1.54) is 20.2 Å². The van der Waals surface area contributed by atoms with Gasteiger partial charge >= 0.3 is 0 Å². The van der Waals surface area contributed by atoms with Gasteiger partial charge in [-0.1, -0.05) is 121 Å². The highest BCUT2D eigenvalue weighted by molar-refractivity contribution is 8.00. The molecule has 328 valence electrons. The van der Waals surface area contributed by atoms with Crippen LogP contribution in [0.5, 0.6) is 0 Å². The van der Waals surface area contributed by atoms with Crippen LogP contribution < -0.4 is 9.86 Å². The molecule has 2 aliphatic rings. The van der Waals surface area contributed by atoms with Crippen LogP contribution in [0.2, 0.25) is 0 Å². The van der Waals surface area contributed by atoms with Crippen LogP contribution in [0.3, 0.4) is 0 Å². The van der Waals surface area contributed by atoms with Gasteiger partial charge in [-0.3, -0.25) is 9.20 Å². The zero-order valence-corrected chi connectivity index (χ0v) is 39.3. The lowest BCUT2D eigenvalue weighted by molar-refractivity contribution is 0.595. The van der Waals surface area contributed by atoms with Gasteiger partial charge in [-0.15, -0.1) is 11.3 Å². The highest BCUT2D eigenvalue weighted by atomic mass is 32.2. The number of benzene rings is 10. The van der Waals surface area contributed by atoms with Crippen LogP contribution in [0.1, 0.15) is 0 Å². The van der Waals surface area contributed by atoms with Crippen molar-refractivity contribution in [2.45, 2.75) is 14.7 Å². The zero-order valence-electron chi connectivity index (χ0n) is 36.8. The molecule has 10 aromatic carbocycles. The Labute approximate surface area is 407 Å². The van der Waals surface area contributed by atoms with E-state index in [1.54, 1.807) is 28.2 Å². The second kappa shape index (κ2) is 13.7. The minimum Gasteiger partial charge on any atom is -0.309 e. The summed E-state index contributed by atoms with van der Waals surface area (Å²) in [6.07, 6.45) is 0. The van der Waals surface area contributed by atoms with E-state index in [9.17, 15) is 13.2 Å². The average molecular weight is 952 g/mol. The second-order valence-electron chi connectivity index (χ2n) is 18.4. The van der Waals surface area contributed by atoms with Crippen molar-refractivity contribution in [3.8, 4) is 39.1 Å². The molecule has 6 heterocycles. The molecule has 14 aromatic rings. The van der Waals surface area contributed by atoms with Gasteiger partial charge in [0.25, 0.3) is 15.6 Å². The van der Waals surface area contributed by atoms with Gasteiger partial charge in [0.15, 0.2) is 0 Å². The van der Waals surface area contributed by atoms with Crippen molar-refractivity contribution >= 4 is 124 Å². The maximum atomic E-state index is 15.0. The summed E-state index contributed by atoms with van der Waals surface area (Å²) in [5.74, 6) is 0. The van der Waals surface area contributed by atoms with Crippen LogP contribution in [0.25, 0.3) is 119 Å². The van der Waals surface area contributed by atoms with Gasteiger partial charge in [0.1, 0.15) is 0 Å². The Bertz CT molecular complexity index is 4870. The number of nitrogens with zero attached hydrogens (tertiary/aromatic N) is 3. The summed E-state index contributed by atoms with van der Waals surface area (Å²) in [7, 11) is -3.87. The maximum absolute atomic E-state index is 15.0. The number of fused-ring (bicyclic) bond motifs is 15. The van der Waals surface area contributed by atoms with Gasteiger partial charge in [0.05, 0.1) is 38.3 Å². The van der Waals surface area contributed by atoms with Crippen LogP contribution in [0, 0.1) is 0 Å².